The van der Waals surface area contributed by atoms with E-state index in [1.54, 1.807) is 26.4 Å². The minimum Gasteiger partial charge on any atom is -0.497 e. The lowest BCUT2D eigenvalue weighted by atomic mass is 9.86. The first-order valence-electron chi connectivity index (χ1n) is 7.58. The Labute approximate surface area is 127 Å². The SMILES string of the molecule is CCC(C)(C(=O)c1cc(OC)ccc1OC)N1CCCC1. The number of ether oxygens (including phenoxy) is 2. The van der Waals surface area contributed by atoms with E-state index in [2.05, 4.69) is 11.8 Å². The van der Waals surface area contributed by atoms with Crippen molar-refractivity contribution in [3.63, 3.8) is 0 Å². The summed E-state index contributed by atoms with van der Waals surface area (Å²) in [5.41, 5.74) is 0.129. The highest BCUT2D eigenvalue weighted by Crippen LogP contribution is 2.33. The van der Waals surface area contributed by atoms with Crippen molar-refractivity contribution in [3.8, 4) is 11.5 Å². The molecule has 4 heteroatoms. The van der Waals surface area contributed by atoms with Gasteiger partial charge >= 0.3 is 0 Å². The third kappa shape index (κ3) is 2.91. The molecular formula is C17H25NO3. The van der Waals surface area contributed by atoms with Crippen LogP contribution >= 0.6 is 0 Å². The third-order valence-corrected chi connectivity index (χ3v) is 4.63. The molecule has 0 spiro atoms. The van der Waals surface area contributed by atoms with E-state index in [-0.39, 0.29) is 5.78 Å². The van der Waals surface area contributed by atoms with E-state index < -0.39 is 5.54 Å². The van der Waals surface area contributed by atoms with Crippen LogP contribution in [0.3, 0.4) is 0 Å². The molecule has 0 saturated carbocycles. The van der Waals surface area contributed by atoms with Gasteiger partial charge in [-0.3, -0.25) is 9.69 Å². The second-order valence-corrected chi connectivity index (χ2v) is 5.72. The van der Waals surface area contributed by atoms with E-state index in [1.165, 1.54) is 0 Å². The maximum atomic E-state index is 13.2. The molecule has 1 aliphatic heterocycles. The molecule has 116 valence electrons. The van der Waals surface area contributed by atoms with E-state index in [9.17, 15) is 4.79 Å². The normalized spacial score (nSPS) is 18.3. The number of ketones is 1. The van der Waals surface area contributed by atoms with Crippen LogP contribution in [0.2, 0.25) is 0 Å². The smallest absolute Gasteiger partial charge is 0.186 e. The first-order chi connectivity index (χ1) is 10.1. The van der Waals surface area contributed by atoms with Gasteiger partial charge in [0.05, 0.1) is 25.3 Å². The van der Waals surface area contributed by atoms with Crippen molar-refractivity contribution < 1.29 is 14.3 Å². The van der Waals surface area contributed by atoms with Crippen molar-refractivity contribution in [1.82, 2.24) is 4.90 Å². The molecule has 1 aliphatic rings. The maximum Gasteiger partial charge on any atom is 0.186 e. The summed E-state index contributed by atoms with van der Waals surface area (Å²) < 4.78 is 10.6. The lowest BCUT2D eigenvalue weighted by Gasteiger charge is -2.37. The summed E-state index contributed by atoms with van der Waals surface area (Å²) in [7, 11) is 3.20. The Hall–Kier alpha value is -1.55. The van der Waals surface area contributed by atoms with E-state index in [0.29, 0.717) is 17.1 Å². The molecule has 0 amide bonds. The van der Waals surface area contributed by atoms with Crippen LogP contribution in [0.5, 0.6) is 11.5 Å². The molecule has 0 radical (unpaired) electrons. The van der Waals surface area contributed by atoms with Crippen LogP contribution in [0, 0.1) is 0 Å². The second-order valence-electron chi connectivity index (χ2n) is 5.72. The van der Waals surface area contributed by atoms with Gasteiger partial charge in [-0.1, -0.05) is 6.92 Å². The Balaban J connectivity index is 2.40. The van der Waals surface area contributed by atoms with Crippen LogP contribution in [0.25, 0.3) is 0 Å². The zero-order chi connectivity index (χ0) is 15.5. The van der Waals surface area contributed by atoms with Crippen molar-refractivity contribution in [2.75, 3.05) is 27.3 Å². The Morgan fingerprint density at radius 3 is 2.43 bits per heavy atom. The van der Waals surface area contributed by atoms with Crippen molar-refractivity contribution in [2.24, 2.45) is 0 Å². The summed E-state index contributed by atoms with van der Waals surface area (Å²) in [6.45, 7) is 6.09. The zero-order valence-electron chi connectivity index (χ0n) is 13.4. The summed E-state index contributed by atoms with van der Waals surface area (Å²) in [5.74, 6) is 1.40. The third-order valence-electron chi connectivity index (χ3n) is 4.63. The van der Waals surface area contributed by atoms with Crippen molar-refractivity contribution >= 4 is 5.78 Å². The molecule has 0 N–H and O–H groups in total. The zero-order valence-corrected chi connectivity index (χ0v) is 13.4. The van der Waals surface area contributed by atoms with Crippen molar-refractivity contribution in [2.45, 2.75) is 38.6 Å². The monoisotopic (exact) mass is 291 g/mol. The van der Waals surface area contributed by atoms with Gasteiger partial charge in [0.1, 0.15) is 11.5 Å². The van der Waals surface area contributed by atoms with E-state index in [1.807, 2.05) is 13.0 Å². The Bertz CT molecular complexity index is 509. The molecule has 0 aliphatic carbocycles. The molecule has 1 saturated heterocycles. The van der Waals surface area contributed by atoms with Crippen LogP contribution in [0.1, 0.15) is 43.5 Å². The quantitative estimate of drug-likeness (QED) is 0.755. The second kappa shape index (κ2) is 6.48. The minimum atomic E-state index is -0.476. The number of nitrogens with zero attached hydrogens (tertiary/aromatic N) is 1. The van der Waals surface area contributed by atoms with Gasteiger partial charge in [0.2, 0.25) is 0 Å². The number of hydrogen-bond acceptors (Lipinski definition) is 4. The molecule has 4 nitrogen and oxygen atoms in total. The van der Waals surface area contributed by atoms with Gasteiger partial charge < -0.3 is 9.47 Å². The number of carbonyl (C=O) groups is 1. The highest BCUT2D eigenvalue weighted by atomic mass is 16.5. The van der Waals surface area contributed by atoms with Crippen LogP contribution in [-0.4, -0.2) is 43.5 Å². The van der Waals surface area contributed by atoms with Gasteiger partial charge in [-0.15, -0.1) is 0 Å². The van der Waals surface area contributed by atoms with E-state index >= 15 is 0 Å². The molecule has 1 unspecified atom stereocenters. The van der Waals surface area contributed by atoms with E-state index in [4.69, 9.17) is 9.47 Å². The number of benzene rings is 1. The molecule has 1 fully saturated rings. The predicted octanol–water partition coefficient (Wildman–Crippen LogP) is 3.15. The van der Waals surface area contributed by atoms with Gasteiger partial charge in [-0.25, -0.2) is 0 Å². The summed E-state index contributed by atoms with van der Waals surface area (Å²) >= 11 is 0. The van der Waals surface area contributed by atoms with Crippen LogP contribution in [0.15, 0.2) is 18.2 Å². The fraction of sp³-hybridized carbons (Fsp3) is 0.588. The highest BCUT2D eigenvalue weighted by molar-refractivity contribution is 6.05. The molecule has 0 bridgehead atoms. The first-order valence-corrected chi connectivity index (χ1v) is 7.58. The van der Waals surface area contributed by atoms with Gasteiger partial charge in [0.25, 0.3) is 0 Å². The van der Waals surface area contributed by atoms with Gasteiger partial charge in [0, 0.05) is 0 Å². The Morgan fingerprint density at radius 2 is 1.90 bits per heavy atom. The summed E-state index contributed by atoms with van der Waals surface area (Å²) in [6, 6.07) is 5.39. The fourth-order valence-corrected chi connectivity index (χ4v) is 3.02. The van der Waals surface area contributed by atoms with Crippen LogP contribution in [0.4, 0.5) is 0 Å². The molecule has 0 aromatic heterocycles. The summed E-state index contributed by atoms with van der Waals surface area (Å²) in [5, 5.41) is 0. The average molecular weight is 291 g/mol. The molecule has 1 aromatic rings. The largest absolute Gasteiger partial charge is 0.497 e. The Morgan fingerprint density at radius 1 is 1.24 bits per heavy atom. The molecular weight excluding hydrogens is 266 g/mol. The molecule has 1 aromatic carbocycles. The maximum absolute atomic E-state index is 13.2. The topological polar surface area (TPSA) is 38.8 Å². The number of methoxy groups -OCH3 is 2. The van der Waals surface area contributed by atoms with Crippen molar-refractivity contribution in [1.29, 1.82) is 0 Å². The minimum absolute atomic E-state index is 0.114. The highest BCUT2D eigenvalue weighted by Gasteiger charge is 2.40. The summed E-state index contributed by atoms with van der Waals surface area (Å²) in [4.78, 5) is 15.5. The van der Waals surface area contributed by atoms with Gasteiger partial charge in [0.15, 0.2) is 5.78 Å². The predicted molar refractivity (Wildman–Crippen MR) is 83.4 cm³/mol. The molecule has 1 atom stereocenters. The van der Waals surface area contributed by atoms with Gasteiger partial charge in [-0.05, 0) is 57.5 Å². The molecule has 21 heavy (non-hydrogen) atoms. The molecule has 2 rings (SSSR count). The number of hydrogen-bond donors (Lipinski definition) is 0. The number of Topliss-reactive ketones (excluding diaryl/α,β-unsaturated/α-hetero) is 1. The summed E-state index contributed by atoms with van der Waals surface area (Å²) in [6.07, 6.45) is 3.11. The van der Waals surface area contributed by atoms with E-state index in [0.717, 1.165) is 32.4 Å². The number of carbonyl (C=O) groups excluding carboxylic acids is 1. The lowest BCUT2D eigenvalue weighted by molar-refractivity contribution is 0.0644. The van der Waals surface area contributed by atoms with Crippen molar-refractivity contribution in [3.05, 3.63) is 23.8 Å². The van der Waals surface area contributed by atoms with Crippen LogP contribution < -0.4 is 9.47 Å². The van der Waals surface area contributed by atoms with Crippen LogP contribution in [-0.2, 0) is 0 Å². The van der Waals surface area contributed by atoms with Gasteiger partial charge in [-0.2, -0.15) is 0 Å². The first kappa shape index (κ1) is 15.8. The number of likely N-dealkylation sites (tertiary alicyclic amines) is 1. The Kier molecular flexibility index (Phi) is 4.88. The standard InChI is InChI=1S/C17H25NO3/c1-5-17(2,18-10-6-7-11-18)16(19)14-12-13(20-3)8-9-15(14)21-4/h8-9,12H,5-7,10-11H2,1-4H3. The molecule has 1 heterocycles. The number of rotatable bonds is 6. The fourth-order valence-electron chi connectivity index (χ4n) is 3.02. The average Bonchev–Trinajstić information content (AvgIpc) is 3.07. The lowest BCUT2D eigenvalue weighted by Crippen LogP contribution is -2.50.